The van der Waals surface area contributed by atoms with E-state index in [1.54, 1.807) is 18.2 Å². The van der Waals surface area contributed by atoms with Gasteiger partial charge in [0.1, 0.15) is 11.3 Å². The second-order valence-corrected chi connectivity index (χ2v) is 4.46. The smallest absolute Gasteiger partial charge is 0.329 e. The van der Waals surface area contributed by atoms with Crippen molar-refractivity contribution >= 4 is 35.7 Å². The van der Waals surface area contributed by atoms with Gasteiger partial charge in [-0.25, -0.2) is 4.79 Å². The molecule has 20 heavy (non-hydrogen) atoms. The van der Waals surface area contributed by atoms with Crippen LogP contribution in [0.3, 0.4) is 0 Å². The highest BCUT2D eigenvalue weighted by Gasteiger charge is 2.50. The van der Waals surface area contributed by atoms with Crippen LogP contribution in [0.15, 0.2) is 18.2 Å². The van der Waals surface area contributed by atoms with Gasteiger partial charge < -0.3 is 15.6 Å². The molecule has 0 radical (unpaired) electrons. The molecular weight excluding hydrogens is 286 g/mol. The van der Waals surface area contributed by atoms with E-state index in [-0.39, 0.29) is 12.4 Å². The number of nitrogens with zero attached hydrogens (tertiary/aromatic N) is 1. The van der Waals surface area contributed by atoms with Crippen molar-refractivity contribution in [2.45, 2.75) is 12.5 Å². The number of urea groups is 1. The molecule has 0 bridgehead atoms. The molecule has 0 spiro atoms. The molecule has 3 amide bonds. The molecule has 0 saturated carbocycles. The molecule has 8 heteroatoms. The Balaban J connectivity index is 0.00000200. The Morgan fingerprint density at radius 3 is 2.65 bits per heavy atom. The average Bonchev–Trinajstić information content (AvgIpc) is 2.61. The maximum absolute atomic E-state index is 11.9. The van der Waals surface area contributed by atoms with E-state index >= 15 is 0 Å². The third kappa shape index (κ3) is 2.25. The third-order valence-corrected chi connectivity index (χ3v) is 3.16. The summed E-state index contributed by atoms with van der Waals surface area (Å²) in [6.07, 6.45) is 0. The van der Waals surface area contributed by atoms with Crippen LogP contribution in [-0.2, 0) is 4.79 Å². The number of amides is 3. The van der Waals surface area contributed by atoms with Crippen molar-refractivity contribution in [3.63, 3.8) is 0 Å². The van der Waals surface area contributed by atoms with Gasteiger partial charge in [-0.3, -0.25) is 15.0 Å². The first-order valence-corrected chi connectivity index (χ1v) is 5.64. The fourth-order valence-corrected chi connectivity index (χ4v) is 2.01. The molecule has 1 fully saturated rings. The summed E-state index contributed by atoms with van der Waals surface area (Å²) in [5.41, 5.74) is 5.13. The lowest BCUT2D eigenvalue weighted by molar-refractivity contribution is -0.124. The quantitative estimate of drug-likeness (QED) is 0.557. The van der Waals surface area contributed by atoms with E-state index < -0.39 is 24.1 Å². The highest BCUT2D eigenvalue weighted by molar-refractivity contribution is 6.17. The molecular formula is C12H16ClN3O4. The molecule has 1 saturated heterocycles. The Kier molecular flexibility index (Phi) is 4.46. The van der Waals surface area contributed by atoms with Gasteiger partial charge in [0.05, 0.1) is 19.4 Å². The Morgan fingerprint density at radius 1 is 1.45 bits per heavy atom. The molecule has 1 aliphatic rings. The van der Waals surface area contributed by atoms with E-state index in [1.165, 1.54) is 18.9 Å². The number of carbonyl (C=O) groups is 2. The number of halogens is 1. The topological polar surface area (TPSA) is 105 Å². The average molecular weight is 302 g/mol. The zero-order valence-corrected chi connectivity index (χ0v) is 11.9. The predicted molar refractivity (Wildman–Crippen MR) is 76.2 cm³/mol. The molecule has 1 aliphatic heterocycles. The number of aliphatic hydroxyl groups is 1. The second-order valence-electron chi connectivity index (χ2n) is 4.46. The van der Waals surface area contributed by atoms with Gasteiger partial charge in [-0.15, -0.1) is 12.4 Å². The van der Waals surface area contributed by atoms with Crippen LogP contribution < -0.4 is 20.7 Å². The van der Waals surface area contributed by atoms with Crippen molar-refractivity contribution in [3.8, 4) is 5.75 Å². The highest BCUT2D eigenvalue weighted by atomic mass is 35.5. The Hall–Kier alpha value is -1.99. The summed E-state index contributed by atoms with van der Waals surface area (Å²) >= 11 is 0. The Morgan fingerprint density at radius 2 is 2.10 bits per heavy atom. The van der Waals surface area contributed by atoms with E-state index in [2.05, 4.69) is 5.32 Å². The number of rotatable bonds is 3. The third-order valence-electron chi connectivity index (χ3n) is 3.16. The molecule has 0 aliphatic carbocycles. The molecule has 1 aromatic carbocycles. The molecule has 4 N–H and O–H groups in total. The van der Waals surface area contributed by atoms with Gasteiger partial charge in [0.15, 0.2) is 0 Å². The number of nitrogens with one attached hydrogen (secondary N) is 1. The lowest BCUT2D eigenvalue weighted by atomic mass is 10.0. The number of nitrogen functional groups attached to an aromatic ring is 1. The number of hydrogen-bond acceptors (Lipinski definition) is 5. The summed E-state index contributed by atoms with van der Waals surface area (Å²) in [6, 6.07) is 4.10. The number of ether oxygens (including phenoxy) is 1. The fourth-order valence-electron chi connectivity index (χ4n) is 2.01. The van der Waals surface area contributed by atoms with Crippen LogP contribution in [0.5, 0.6) is 5.75 Å². The molecule has 0 aromatic heterocycles. The summed E-state index contributed by atoms with van der Waals surface area (Å²) < 4.78 is 5.17. The van der Waals surface area contributed by atoms with Crippen molar-refractivity contribution < 1.29 is 19.4 Å². The molecule has 1 unspecified atom stereocenters. The summed E-state index contributed by atoms with van der Waals surface area (Å²) in [4.78, 5) is 24.9. The first-order valence-electron chi connectivity index (χ1n) is 5.64. The molecule has 110 valence electrons. The van der Waals surface area contributed by atoms with Crippen molar-refractivity contribution in [2.24, 2.45) is 0 Å². The lowest BCUT2D eigenvalue weighted by Crippen LogP contribution is -2.50. The van der Waals surface area contributed by atoms with Crippen LogP contribution in [0.1, 0.15) is 6.92 Å². The van der Waals surface area contributed by atoms with E-state index in [1.807, 2.05) is 0 Å². The largest absolute Gasteiger partial charge is 0.494 e. The maximum Gasteiger partial charge on any atom is 0.329 e. The minimum Gasteiger partial charge on any atom is -0.494 e. The van der Waals surface area contributed by atoms with Crippen LogP contribution in [0.4, 0.5) is 16.2 Å². The van der Waals surface area contributed by atoms with Crippen molar-refractivity contribution in [1.29, 1.82) is 0 Å². The summed E-state index contributed by atoms with van der Waals surface area (Å²) in [7, 11) is 1.43. The van der Waals surface area contributed by atoms with Gasteiger partial charge in [0.25, 0.3) is 5.91 Å². The van der Waals surface area contributed by atoms with Crippen molar-refractivity contribution in [2.75, 3.05) is 24.4 Å². The minimum atomic E-state index is -1.36. The summed E-state index contributed by atoms with van der Waals surface area (Å²) in [5.74, 6) is -0.205. The number of anilines is 2. The van der Waals surface area contributed by atoms with Gasteiger partial charge in [-0.2, -0.15) is 0 Å². The van der Waals surface area contributed by atoms with Crippen LogP contribution in [-0.4, -0.2) is 36.3 Å². The zero-order chi connectivity index (χ0) is 14.2. The highest BCUT2D eigenvalue weighted by Crippen LogP contribution is 2.36. The number of aliphatic hydroxyl groups excluding tert-OH is 1. The monoisotopic (exact) mass is 301 g/mol. The number of hydrogen-bond donors (Lipinski definition) is 3. The number of carbonyl (C=O) groups excluding carboxylic acids is 2. The van der Waals surface area contributed by atoms with Gasteiger partial charge in [0.2, 0.25) is 0 Å². The van der Waals surface area contributed by atoms with Crippen LogP contribution in [0.25, 0.3) is 0 Å². The number of methoxy groups -OCH3 is 1. The van der Waals surface area contributed by atoms with Crippen LogP contribution in [0, 0.1) is 0 Å². The fraction of sp³-hybridized carbons (Fsp3) is 0.333. The SMILES string of the molecule is COc1cc(N)ccc1N1C(=O)NC(=O)C1(C)CO.Cl. The number of nitrogens with two attached hydrogens (primary N) is 1. The number of benzene rings is 1. The van der Waals surface area contributed by atoms with E-state index in [0.29, 0.717) is 17.1 Å². The second kappa shape index (κ2) is 5.56. The molecule has 7 nitrogen and oxygen atoms in total. The van der Waals surface area contributed by atoms with Crippen molar-refractivity contribution in [3.05, 3.63) is 18.2 Å². The van der Waals surface area contributed by atoms with Crippen LogP contribution >= 0.6 is 12.4 Å². The standard InChI is InChI=1S/C12H15N3O4.ClH/c1-12(6-16)10(17)14-11(18)15(12)8-4-3-7(13)5-9(8)19-2;/h3-5,16H,6,13H2,1-2H3,(H,14,17,18);1H. The minimum absolute atomic E-state index is 0. The first-order chi connectivity index (χ1) is 8.93. The lowest BCUT2D eigenvalue weighted by Gasteiger charge is -2.30. The van der Waals surface area contributed by atoms with Gasteiger partial charge >= 0.3 is 6.03 Å². The number of imide groups is 1. The van der Waals surface area contributed by atoms with Gasteiger partial charge in [0, 0.05) is 11.8 Å². The van der Waals surface area contributed by atoms with Crippen molar-refractivity contribution in [1.82, 2.24) is 5.32 Å². The predicted octanol–water partition coefficient (Wildman–Crippen LogP) is 0.506. The summed E-state index contributed by atoms with van der Waals surface area (Å²) in [5, 5.41) is 11.6. The van der Waals surface area contributed by atoms with Crippen LogP contribution in [0.2, 0.25) is 0 Å². The molecule has 1 atom stereocenters. The summed E-state index contributed by atoms with van der Waals surface area (Å²) in [6.45, 7) is 0.973. The van der Waals surface area contributed by atoms with E-state index in [4.69, 9.17) is 10.5 Å². The van der Waals surface area contributed by atoms with Gasteiger partial charge in [-0.1, -0.05) is 0 Å². The molecule has 2 rings (SSSR count). The Bertz CT molecular complexity index is 552. The zero-order valence-electron chi connectivity index (χ0n) is 11.0. The Labute approximate surface area is 122 Å². The first kappa shape index (κ1) is 16.1. The molecule has 1 aromatic rings. The maximum atomic E-state index is 11.9. The normalized spacial score (nSPS) is 21.4. The van der Waals surface area contributed by atoms with Gasteiger partial charge in [-0.05, 0) is 19.1 Å². The molecule has 1 heterocycles. The van der Waals surface area contributed by atoms with E-state index in [9.17, 15) is 14.7 Å². The van der Waals surface area contributed by atoms with E-state index in [0.717, 1.165) is 0 Å².